The summed E-state index contributed by atoms with van der Waals surface area (Å²) in [7, 11) is 0. The van der Waals surface area contributed by atoms with Gasteiger partial charge >= 0.3 is 12.1 Å². The van der Waals surface area contributed by atoms with Crippen LogP contribution in [-0.2, 0) is 20.8 Å². The topological polar surface area (TPSA) is 134 Å². The van der Waals surface area contributed by atoms with Crippen molar-refractivity contribution in [2.24, 2.45) is 22.7 Å². The van der Waals surface area contributed by atoms with Crippen molar-refractivity contribution in [2.45, 2.75) is 71.6 Å². The summed E-state index contributed by atoms with van der Waals surface area (Å²) in [6, 6.07) is 16.1. The minimum absolute atomic E-state index is 0.0750. The van der Waals surface area contributed by atoms with Crippen molar-refractivity contribution in [3.05, 3.63) is 65.7 Å². The molecule has 41 heavy (non-hydrogen) atoms. The molecule has 2 aromatic rings. The van der Waals surface area contributed by atoms with E-state index in [1.54, 1.807) is 25.1 Å². The van der Waals surface area contributed by atoms with E-state index in [9.17, 15) is 24.6 Å². The summed E-state index contributed by atoms with van der Waals surface area (Å²) in [6.45, 7) is 6.22. The van der Waals surface area contributed by atoms with Gasteiger partial charge in [0.2, 0.25) is 5.91 Å². The zero-order valence-corrected chi connectivity index (χ0v) is 24.1. The Labute approximate surface area is 241 Å². The van der Waals surface area contributed by atoms with E-state index >= 15 is 0 Å². The number of aliphatic hydroxyl groups excluding tert-OH is 2. The van der Waals surface area contributed by atoms with Crippen LogP contribution in [0.2, 0.25) is 0 Å². The highest BCUT2D eigenvalue weighted by Gasteiger charge is 2.60. The highest BCUT2D eigenvalue weighted by molar-refractivity contribution is 5.92. The predicted molar refractivity (Wildman–Crippen MR) is 154 cm³/mol. The maximum atomic E-state index is 13.0. The second-order valence-corrected chi connectivity index (χ2v) is 11.8. The van der Waals surface area contributed by atoms with Crippen molar-refractivity contribution in [3.63, 3.8) is 0 Å². The van der Waals surface area contributed by atoms with Crippen LogP contribution in [0.1, 0.15) is 68.8 Å². The molecule has 9 nitrogen and oxygen atoms in total. The minimum atomic E-state index is -0.768. The summed E-state index contributed by atoms with van der Waals surface area (Å²) < 4.78 is 10.9. The zero-order chi connectivity index (χ0) is 29.6. The second-order valence-electron chi connectivity index (χ2n) is 11.8. The van der Waals surface area contributed by atoms with Crippen molar-refractivity contribution >= 4 is 23.7 Å². The molecule has 0 aliphatic heterocycles. The van der Waals surface area contributed by atoms with Crippen LogP contribution < -0.4 is 10.6 Å². The number of hydrogen-bond acceptors (Lipinski definition) is 7. The van der Waals surface area contributed by atoms with Gasteiger partial charge in [-0.3, -0.25) is 10.1 Å². The van der Waals surface area contributed by atoms with Crippen LogP contribution in [0.15, 0.2) is 54.6 Å². The molecule has 4 N–H and O–H groups in total. The average molecular weight is 567 g/mol. The van der Waals surface area contributed by atoms with Gasteiger partial charge in [0.15, 0.2) is 0 Å². The van der Waals surface area contributed by atoms with E-state index in [0.717, 1.165) is 5.56 Å². The predicted octanol–water partition coefficient (Wildman–Crippen LogP) is 4.67. The molecule has 2 saturated carbocycles. The van der Waals surface area contributed by atoms with Gasteiger partial charge in [0.1, 0.15) is 6.10 Å². The Morgan fingerprint density at radius 1 is 1.02 bits per heavy atom. The molecule has 2 fully saturated rings. The molecule has 0 radical (unpaired) electrons. The lowest BCUT2D eigenvalue weighted by Crippen LogP contribution is -2.61. The molecule has 0 bridgehead atoms. The third-order valence-electron chi connectivity index (χ3n) is 9.28. The Balaban J connectivity index is 1.43. The highest BCUT2D eigenvalue weighted by atomic mass is 16.6. The van der Waals surface area contributed by atoms with Crippen molar-refractivity contribution < 1.29 is 34.1 Å². The molecule has 0 spiro atoms. The van der Waals surface area contributed by atoms with Gasteiger partial charge in [0.05, 0.1) is 24.9 Å². The maximum absolute atomic E-state index is 13.0. The van der Waals surface area contributed by atoms with Crippen LogP contribution in [0.4, 0.5) is 10.5 Å². The number of benzene rings is 2. The summed E-state index contributed by atoms with van der Waals surface area (Å²) in [4.78, 5) is 38.0. The average Bonchev–Trinajstić information content (AvgIpc) is 2.96. The first-order valence-corrected chi connectivity index (χ1v) is 14.4. The smallest absolute Gasteiger partial charge is 0.411 e. The van der Waals surface area contributed by atoms with E-state index in [-0.39, 0.29) is 37.4 Å². The monoisotopic (exact) mass is 566 g/mol. The van der Waals surface area contributed by atoms with Gasteiger partial charge in [-0.25, -0.2) is 9.59 Å². The first kappa shape index (κ1) is 30.5. The number of amides is 2. The standard InChI is InChI=1S/C32H42N2O7/c1-4-40-29(38)22-11-8-12-23(17-22)34-30(39)41-27-15-16-31(2)24(25(36)13-14-26(31)32(27,3)20-35)18-28(37)33-19-21-9-6-5-7-10-21/h5-12,17,24-27,35-36H,4,13-16,18-20H2,1-3H3,(H,33,37)(H,34,39)/t24-,25-,26-,27-,31+,32+/m1/s1. The van der Waals surface area contributed by atoms with Crippen molar-refractivity contribution in [3.8, 4) is 0 Å². The molecular formula is C32H42N2O7. The van der Waals surface area contributed by atoms with E-state index in [0.29, 0.717) is 43.5 Å². The van der Waals surface area contributed by atoms with E-state index in [4.69, 9.17) is 9.47 Å². The summed E-state index contributed by atoms with van der Waals surface area (Å²) in [6.07, 6.45) is 0.590. The van der Waals surface area contributed by atoms with Crippen LogP contribution >= 0.6 is 0 Å². The van der Waals surface area contributed by atoms with E-state index in [2.05, 4.69) is 17.6 Å². The molecule has 0 unspecified atom stereocenters. The number of anilines is 1. The van der Waals surface area contributed by atoms with Crippen LogP contribution in [0.5, 0.6) is 0 Å². The number of fused-ring (bicyclic) bond motifs is 1. The van der Waals surface area contributed by atoms with Gasteiger partial charge in [-0.15, -0.1) is 0 Å². The van der Waals surface area contributed by atoms with Gasteiger partial charge in [0.25, 0.3) is 0 Å². The number of rotatable bonds is 9. The Morgan fingerprint density at radius 2 is 1.78 bits per heavy atom. The number of aliphatic hydroxyl groups is 2. The molecule has 0 heterocycles. The van der Waals surface area contributed by atoms with Crippen molar-refractivity contribution in [1.29, 1.82) is 0 Å². The number of carbonyl (C=O) groups is 3. The van der Waals surface area contributed by atoms with Gasteiger partial charge < -0.3 is 25.0 Å². The summed E-state index contributed by atoms with van der Waals surface area (Å²) in [5.41, 5.74) is 0.525. The van der Waals surface area contributed by atoms with Crippen LogP contribution in [0, 0.1) is 22.7 Å². The number of nitrogens with one attached hydrogen (secondary N) is 2. The first-order valence-electron chi connectivity index (χ1n) is 14.4. The number of carbonyl (C=O) groups excluding carboxylic acids is 3. The SMILES string of the molecule is CCOC(=O)c1cccc(NC(=O)O[C@@H]2CC[C@]3(C)[C@@H](CC[C@@H](O)[C@H]3CC(=O)NCc3ccccc3)[C@]2(C)CO)c1. The Morgan fingerprint density at radius 3 is 2.49 bits per heavy atom. The molecule has 222 valence electrons. The number of ether oxygens (including phenoxy) is 2. The van der Waals surface area contributed by atoms with E-state index < -0.39 is 35.1 Å². The van der Waals surface area contributed by atoms with Crippen molar-refractivity contribution in [1.82, 2.24) is 5.32 Å². The maximum Gasteiger partial charge on any atom is 0.411 e. The van der Waals surface area contributed by atoms with Gasteiger partial charge in [-0.05, 0) is 73.6 Å². The molecule has 4 rings (SSSR count). The molecule has 2 aromatic carbocycles. The number of esters is 1. The van der Waals surface area contributed by atoms with Crippen LogP contribution in [0.3, 0.4) is 0 Å². The Kier molecular flexibility index (Phi) is 9.71. The third-order valence-corrected chi connectivity index (χ3v) is 9.28. The van der Waals surface area contributed by atoms with E-state index in [1.807, 2.05) is 37.3 Å². The molecule has 0 saturated heterocycles. The number of hydrogen-bond donors (Lipinski definition) is 4. The van der Waals surface area contributed by atoms with E-state index in [1.165, 1.54) is 6.07 Å². The van der Waals surface area contributed by atoms with Gasteiger partial charge in [-0.1, -0.05) is 50.2 Å². The third kappa shape index (κ3) is 6.73. The van der Waals surface area contributed by atoms with Crippen LogP contribution in [0.25, 0.3) is 0 Å². The lowest BCUT2D eigenvalue weighted by Gasteiger charge is -2.60. The summed E-state index contributed by atoms with van der Waals surface area (Å²) in [5, 5.41) is 27.4. The fourth-order valence-electron chi connectivity index (χ4n) is 7.06. The Bertz CT molecular complexity index is 1220. The van der Waals surface area contributed by atoms with Gasteiger partial charge in [-0.2, -0.15) is 0 Å². The second kappa shape index (κ2) is 13.0. The molecule has 9 heteroatoms. The minimum Gasteiger partial charge on any atom is -0.462 e. The van der Waals surface area contributed by atoms with Crippen molar-refractivity contribution in [2.75, 3.05) is 18.5 Å². The molecule has 2 amide bonds. The quantitative estimate of drug-likeness (QED) is 0.324. The molecule has 0 aromatic heterocycles. The fourth-order valence-corrected chi connectivity index (χ4v) is 7.06. The molecular weight excluding hydrogens is 524 g/mol. The normalized spacial score (nSPS) is 29.1. The fraction of sp³-hybridized carbons (Fsp3) is 0.531. The summed E-state index contributed by atoms with van der Waals surface area (Å²) >= 11 is 0. The lowest BCUT2D eigenvalue weighted by molar-refractivity contribution is -0.185. The lowest BCUT2D eigenvalue weighted by atomic mass is 9.46. The molecule has 2 aliphatic rings. The zero-order valence-electron chi connectivity index (χ0n) is 24.1. The largest absolute Gasteiger partial charge is 0.462 e. The Hall–Kier alpha value is -3.43. The summed E-state index contributed by atoms with van der Waals surface area (Å²) in [5.74, 6) is -0.961. The first-order chi connectivity index (χ1) is 19.6. The van der Waals surface area contributed by atoms with Crippen LogP contribution in [-0.4, -0.2) is 53.6 Å². The molecule has 2 aliphatic carbocycles. The van der Waals surface area contributed by atoms with Gasteiger partial charge in [0, 0.05) is 24.1 Å². The highest BCUT2D eigenvalue weighted by Crippen LogP contribution is 2.61. The molecule has 6 atom stereocenters.